The Balaban J connectivity index is 2.82. The lowest BCUT2D eigenvalue weighted by Gasteiger charge is -2.38. The number of hydrogen-bond donors (Lipinski definition) is 1. The third-order valence-electron chi connectivity index (χ3n) is 4.61. The molecule has 1 aliphatic rings. The maximum atomic E-state index is 12.4. The molecule has 1 rings (SSSR count). The monoisotopic (exact) mass is 372 g/mol. The predicted molar refractivity (Wildman–Crippen MR) is 98.9 cm³/mol. The molecule has 1 heterocycles. The molecule has 8 heteroatoms. The van der Waals surface area contributed by atoms with Crippen LogP contribution in [0.4, 0.5) is 9.59 Å². The highest BCUT2D eigenvalue weighted by atomic mass is 28.4. The lowest BCUT2D eigenvalue weighted by Crippen LogP contribution is -2.53. The average molecular weight is 373 g/mol. The maximum Gasteiger partial charge on any atom is 0.412 e. The van der Waals surface area contributed by atoms with Crippen molar-refractivity contribution in [3.63, 3.8) is 0 Å². The molecular formula is C17H32N2O5Si. The highest BCUT2D eigenvalue weighted by molar-refractivity contribution is 6.74. The van der Waals surface area contributed by atoms with Crippen molar-refractivity contribution in [2.24, 2.45) is 0 Å². The van der Waals surface area contributed by atoms with Crippen LogP contribution in [0.3, 0.4) is 0 Å². The van der Waals surface area contributed by atoms with Gasteiger partial charge in [0, 0.05) is 0 Å². The Bertz CT molecular complexity index is 502. The van der Waals surface area contributed by atoms with Crippen LogP contribution < -0.4 is 5.32 Å². The fourth-order valence-corrected chi connectivity index (χ4v) is 3.15. The minimum atomic E-state index is -1.95. The van der Waals surface area contributed by atoms with Gasteiger partial charge in [0.05, 0.1) is 25.9 Å². The Hall–Kier alpha value is -1.54. The van der Waals surface area contributed by atoms with Gasteiger partial charge in [-0.2, -0.15) is 0 Å². The standard InChI is InChI=1S/C17H32N2O5Si/c1-8-22-15(20)18-14-11-10-13(19(14)16(21)23-9-2)12-24-25(6,7)17(3,4)5/h10-11,13-14H,8-9,12H2,1-7H3,(H,18,20)/t13-,14+/m0/s1. The van der Waals surface area contributed by atoms with Crippen LogP contribution in [0.5, 0.6) is 0 Å². The first-order chi connectivity index (χ1) is 11.5. The summed E-state index contributed by atoms with van der Waals surface area (Å²) in [6, 6.07) is -0.292. The van der Waals surface area contributed by atoms with Crippen LogP contribution in [0.2, 0.25) is 18.1 Å². The zero-order chi connectivity index (χ0) is 19.3. The number of hydrogen-bond acceptors (Lipinski definition) is 5. The minimum absolute atomic E-state index is 0.0761. The number of rotatable bonds is 6. The normalized spacial score (nSPS) is 20.5. The van der Waals surface area contributed by atoms with E-state index in [1.54, 1.807) is 19.9 Å². The van der Waals surface area contributed by atoms with Crippen molar-refractivity contribution in [2.45, 2.75) is 65.0 Å². The first-order valence-corrected chi connectivity index (χ1v) is 11.6. The highest BCUT2D eigenvalue weighted by Crippen LogP contribution is 2.37. The lowest BCUT2D eigenvalue weighted by molar-refractivity contribution is 0.0711. The number of amides is 2. The summed E-state index contributed by atoms with van der Waals surface area (Å²) in [4.78, 5) is 25.5. The second-order valence-electron chi connectivity index (χ2n) is 7.44. The summed E-state index contributed by atoms with van der Waals surface area (Å²) in [5.74, 6) is 0. The van der Waals surface area contributed by atoms with Gasteiger partial charge in [-0.25, -0.2) is 9.59 Å². The summed E-state index contributed by atoms with van der Waals surface area (Å²) >= 11 is 0. The third-order valence-corrected chi connectivity index (χ3v) is 9.11. The average Bonchev–Trinajstić information content (AvgIpc) is 2.87. The van der Waals surface area contributed by atoms with E-state index in [1.807, 2.05) is 6.08 Å². The Morgan fingerprint density at radius 3 is 2.24 bits per heavy atom. The van der Waals surface area contributed by atoms with E-state index in [-0.39, 0.29) is 24.3 Å². The molecule has 0 aromatic rings. The summed E-state index contributed by atoms with van der Waals surface area (Å²) in [6.45, 7) is 15.2. The molecule has 0 aromatic carbocycles. The van der Waals surface area contributed by atoms with Crippen LogP contribution in [0, 0.1) is 0 Å². The number of alkyl carbamates (subject to hydrolysis) is 1. The topological polar surface area (TPSA) is 77.1 Å². The molecule has 1 N–H and O–H groups in total. The van der Waals surface area contributed by atoms with E-state index in [0.29, 0.717) is 6.61 Å². The number of carbonyl (C=O) groups is 2. The first-order valence-electron chi connectivity index (χ1n) is 8.74. The minimum Gasteiger partial charge on any atom is -0.450 e. The Labute approximate surface area is 151 Å². The van der Waals surface area contributed by atoms with E-state index in [2.05, 4.69) is 39.2 Å². The maximum absolute atomic E-state index is 12.4. The Kier molecular flexibility index (Phi) is 7.49. The van der Waals surface area contributed by atoms with Crippen molar-refractivity contribution in [2.75, 3.05) is 19.8 Å². The molecular weight excluding hydrogens is 340 g/mol. The summed E-state index contributed by atoms with van der Waals surface area (Å²) in [7, 11) is -1.95. The molecule has 0 radical (unpaired) electrons. The van der Waals surface area contributed by atoms with E-state index < -0.39 is 26.7 Å². The molecule has 144 valence electrons. The van der Waals surface area contributed by atoms with Crippen LogP contribution in [-0.2, 0) is 13.9 Å². The molecule has 2 amide bonds. The van der Waals surface area contributed by atoms with Crippen molar-refractivity contribution in [1.29, 1.82) is 0 Å². The molecule has 7 nitrogen and oxygen atoms in total. The van der Waals surface area contributed by atoms with Crippen molar-refractivity contribution >= 4 is 20.5 Å². The Morgan fingerprint density at radius 2 is 1.72 bits per heavy atom. The fraction of sp³-hybridized carbons (Fsp3) is 0.765. The van der Waals surface area contributed by atoms with Crippen LogP contribution >= 0.6 is 0 Å². The van der Waals surface area contributed by atoms with Gasteiger partial charge in [-0.1, -0.05) is 26.8 Å². The van der Waals surface area contributed by atoms with E-state index in [9.17, 15) is 9.59 Å². The summed E-state index contributed by atoms with van der Waals surface area (Å²) < 4.78 is 16.3. The van der Waals surface area contributed by atoms with Crippen LogP contribution in [-0.4, -0.2) is 57.4 Å². The van der Waals surface area contributed by atoms with Crippen molar-refractivity contribution < 1.29 is 23.5 Å². The van der Waals surface area contributed by atoms with Crippen LogP contribution in [0.25, 0.3) is 0 Å². The second kappa shape index (κ2) is 8.71. The lowest BCUT2D eigenvalue weighted by atomic mass is 10.2. The third kappa shape index (κ3) is 5.74. The molecule has 0 fully saturated rings. The Morgan fingerprint density at radius 1 is 1.12 bits per heavy atom. The van der Waals surface area contributed by atoms with Gasteiger partial charge in [0.25, 0.3) is 0 Å². The van der Waals surface area contributed by atoms with Crippen molar-refractivity contribution in [3.8, 4) is 0 Å². The van der Waals surface area contributed by atoms with E-state index >= 15 is 0 Å². The van der Waals surface area contributed by atoms with Gasteiger partial charge in [0.15, 0.2) is 8.32 Å². The molecule has 0 saturated heterocycles. The van der Waals surface area contributed by atoms with Crippen molar-refractivity contribution in [1.82, 2.24) is 10.2 Å². The summed E-state index contributed by atoms with van der Waals surface area (Å²) in [5, 5.41) is 2.74. The van der Waals surface area contributed by atoms with Gasteiger partial charge in [-0.3, -0.25) is 10.2 Å². The van der Waals surface area contributed by atoms with Crippen molar-refractivity contribution in [3.05, 3.63) is 12.2 Å². The van der Waals surface area contributed by atoms with Gasteiger partial charge in [-0.15, -0.1) is 0 Å². The van der Waals surface area contributed by atoms with Gasteiger partial charge in [0.1, 0.15) is 6.17 Å². The second-order valence-corrected chi connectivity index (χ2v) is 12.2. The van der Waals surface area contributed by atoms with E-state index in [4.69, 9.17) is 13.9 Å². The largest absolute Gasteiger partial charge is 0.450 e. The van der Waals surface area contributed by atoms with E-state index in [1.165, 1.54) is 4.90 Å². The molecule has 25 heavy (non-hydrogen) atoms. The first kappa shape index (κ1) is 21.5. The molecule has 0 unspecified atom stereocenters. The van der Waals surface area contributed by atoms with Gasteiger partial charge >= 0.3 is 12.2 Å². The fourth-order valence-electron chi connectivity index (χ4n) is 2.13. The molecule has 0 spiro atoms. The number of carbonyl (C=O) groups excluding carboxylic acids is 2. The number of ether oxygens (including phenoxy) is 2. The molecule has 0 aliphatic carbocycles. The van der Waals surface area contributed by atoms with Gasteiger partial charge in [-0.05, 0) is 38.1 Å². The SMILES string of the molecule is CCOC(=O)N[C@H]1C=C[C@@H](CO[Si](C)(C)C(C)(C)C)N1C(=O)OCC. The zero-order valence-electron chi connectivity index (χ0n) is 16.4. The molecule has 0 saturated carbocycles. The zero-order valence-corrected chi connectivity index (χ0v) is 17.4. The highest BCUT2D eigenvalue weighted by Gasteiger charge is 2.40. The molecule has 1 aliphatic heterocycles. The number of nitrogens with one attached hydrogen (secondary N) is 1. The summed E-state index contributed by atoms with van der Waals surface area (Å²) in [5.41, 5.74) is 0. The molecule has 2 atom stereocenters. The quantitative estimate of drug-likeness (QED) is 0.570. The number of nitrogens with zero attached hydrogens (tertiary/aromatic N) is 1. The smallest absolute Gasteiger partial charge is 0.412 e. The van der Waals surface area contributed by atoms with Gasteiger partial charge in [0.2, 0.25) is 0 Å². The molecule has 0 bridgehead atoms. The summed E-state index contributed by atoms with van der Waals surface area (Å²) in [6.07, 6.45) is 1.95. The van der Waals surface area contributed by atoms with E-state index in [0.717, 1.165) is 0 Å². The van der Waals surface area contributed by atoms with Gasteiger partial charge < -0.3 is 13.9 Å². The molecule has 0 aromatic heterocycles. The van der Waals surface area contributed by atoms with Crippen LogP contribution in [0.1, 0.15) is 34.6 Å². The predicted octanol–water partition coefficient (Wildman–Crippen LogP) is 3.48. The van der Waals surface area contributed by atoms with Crippen LogP contribution in [0.15, 0.2) is 12.2 Å².